The second-order valence-corrected chi connectivity index (χ2v) is 5.15. The molecule has 2 heterocycles. The summed E-state index contributed by atoms with van der Waals surface area (Å²) in [5, 5.41) is 3.43. The van der Waals surface area contributed by atoms with Crippen LogP contribution in [0.1, 0.15) is 26.0 Å². The van der Waals surface area contributed by atoms with Crippen molar-refractivity contribution >= 4 is 5.69 Å². The van der Waals surface area contributed by atoms with Crippen LogP contribution in [-0.4, -0.2) is 30.2 Å². The van der Waals surface area contributed by atoms with Crippen molar-refractivity contribution in [3.63, 3.8) is 0 Å². The molecule has 1 saturated heterocycles. The fourth-order valence-corrected chi connectivity index (χ4v) is 2.34. The highest BCUT2D eigenvalue weighted by Crippen LogP contribution is 2.29. The maximum absolute atomic E-state index is 12.4. The molecule has 6 heteroatoms. The molecule has 1 atom stereocenters. The van der Waals surface area contributed by atoms with Gasteiger partial charge in [0.15, 0.2) is 0 Å². The maximum Gasteiger partial charge on any atom is 0.433 e. The van der Waals surface area contributed by atoms with Crippen molar-refractivity contribution in [2.75, 3.05) is 18.0 Å². The molecule has 0 amide bonds. The summed E-state index contributed by atoms with van der Waals surface area (Å²) in [5.74, 6) is 0. The molecule has 1 aromatic rings. The van der Waals surface area contributed by atoms with Crippen LogP contribution in [0.25, 0.3) is 0 Å². The lowest BCUT2D eigenvalue weighted by atomic mass is 10.2. The highest BCUT2D eigenvalue weighted by atomic mass is 19.4. The van der Waals surface area contributed by atoms with E-state index < -0.39 is 11.9 Å². The molecule has 0 radical (unpaired) electrons. The van der Waals surface area contributed by atoms with Gasteiger partial charge in [-0.1, -0.05) is 13.8 Å². The Bertz CT molecular complexity index is 414. The van der Waals surface area contributed by atoms with E-state index in [1.54, 1.807) is 0 Å². The van der Waals surface area contributed by atoms with Crippen LogP contribution in [0.5, 0.6) is 0 Å². The average molecular weight is 273 g/mol. The van der Waals surface area contributed by atoms with Crippen LogP contribution in [0.3, 0.4) is 0 Å². The number of anilines is 1. The van der Waals surface area contributed by atoms with E-state index in [1.165, 1.54) is 12.3 Å². The number of alkyl halides is 3. The standard InChI is InChI=1S/C13H18F3N3/c1-9(2)18-10-5-6-19(8-10)11-3-4-12(17-7-11)13(14,15)16/h3-4,7,9-10,18H,5-6,8H2,1-2H3. The van der Waals surface area contributed by atoms with E-state index in [0.29, 0.717) is 12.1 Å². The molecule has 1 aliphatic rings. The minimum Gasteiger partial charge on any atom is -0.369 e. The van der Waals surface area contributed by atoms with Crippen molar-refractivity contribution in [1.82, 2.24) is 10.3 Å². The lowest BCUT2D eigenvalue weighted by molar-refractivity contribution is -0.141. The van der Waals surface area contributed by atoms with Gasteiger partial charge in [0.1, 0.15) is 5.69 Å². The Morgan fingerprint density at radius 3 is 2.63 bits per heavy atom. The highest BCUT2D eigenvalue weighted by Gasteiger charge is 2.32. The zero-order valence-corrected chi connectivity index (χ0v) is 11.0. The number of nitrogens with zero attached hydrogens (tertiary/aromatic N) is 2. The third-order valence-electron chi connectivity index (χ3n) is 3.16. The number of aromatic nitrogens is 1. The summed E-state index contributed by atoms with van der Waals surface area (Å²) in [6, 6.07) is 3.34. The van der Waals surface area contributed by atoms with Crippen LogP contribution in [0.15, 0.2) is 18.3 Å². The Hall–Kier alpha value is -1.30. The number of rotatable bonds is 3. The Labute approximate surface area is 110 Å². The van der Waals surface area contributed by atoms with Crippen LogP contribution in [0.2, 0.25) is 0 Å². The van der Waals surface area contributed by atoms with Gasteiger partial charge in [0, 0.05) is 25.2 Å². The molecule has 0 aromatic carbocycles. The molecule has 19 heavy (non-hydrogen) atoms. The van der Waals surface area contributed by atoms with Crippen LogP contribution in [0, 0.1) is 0 Å². The Kier molecular flexibility index (Phi) is 3.99. The molecule has 1 unspecified atom stereocenters. The van der Waals surface area contributed by atoms with Crippen molar-refractivity contribution in [3.05, 3.63) is 24.0 Å². The van der Waals surface area contributed by atoms with E-state index in [0.717, 1.165) is 31.3 Å². The molecular weight excluding hydrogens is 255 g/mol. The summed E-state index contributed by atoms with van der Waals surface area (Å²) in [5.41, 5.74) is -0.0895. The third-order valence-corrected chi connectivity index (χ3v) is 3.16. The minimum absolute atomic E-state index is 0.391. The lowest BCUT2D eigenvalue weighted by Crippen LogP contribution is -2.37. The summed E-state index contributed by atoms with van der Waals surface area (Å²) >= 11 is 0. The van der Waals surface area contributed by atoms with Gasteiger partial charge in [0.25, 0.3) is 0 Å². The molecule has 2 rings (SSSR count). The van der Waals surface area contributed by atoms with Crippen LogP contribution in [-0.2, 0) is 6.18 Å². The van der Waals surface area contributed by atoms with Gasteiger partial charge in [-0.15, -0.1) is 0 Å². The lowest BCUT2D eigenvalue weighted by Gasteiger charge is -2.20. The van der Waals surface area contributed by atoms with Crippen LogP contribution in [0.4, 0.5) is 18.9 Å². The van der Waals surface area contributed by atoms with Gasteiger partial charge in [-0.05, 0) is 18.6 Å². The van der Waals surface area contributed by atoms with Crippen molar-refractivity contribution in [3.8, 4) is 0 Å². The zero-order valence-electron chi connectivity index (χ0n) is 11.0. The number of halogens is 3. The molecule has 0 saturated carbocycles. The van der Waals surface area contributed by atoms with E-state index in [4.69, 9.17) is 0 Å². The van der Waals surface area contributed by atoms with Crippen LogP contribution >= 0.6 is 0 Å². The summed E-state index contributed by atoms with van der Waals surface area (Å²) in [6.07, 6.45) is -2.06. The third kappa shape index (κ3) is 3.59. The van der Waals surface area contributed by atoms with Gasteiger partial charge < -0.3 is 10.2 Å². The largest absolute Gasteiger partial charge is 0.433 e. The topological polar surface area (TPSA) is 28.2 Å². The molecule has 1 aliphatic heterocycles. The minimum atomic E-state index is -4.37. The first-order valence-corrected chi connectivity index (χ1v) is 6.40. The summed E-state index contributed by atoms with van der Waals surface area (Å²) in [4.78, 5) is 5.56. The highest BCUT2D eigenvalue weighted by molar-refractivity contribution is 5.46. The predicted octanol–water partition coefficient (Wildman–Crippen LogP) is 2.68. The summed E-state index contributed by atoms with van der Waals surface area (Å²) in [6.45, 7) is 5.83. The quantitative estimate of drug-likeness (QED) is 0.917. The molecule has 0 bridgehead atoms. The van der Waals surface area contributed by atoms with E-state index in [2.05, 4.69) is 29.0 Å². The van der Waals surface area contributed by atoms with Gasteiger partial charge in [-0.3, -0.25) is 0 Å². The average Bonchev–Trinajstić information content (AvgIpc) is 2.75. The second-order valence-electron chi connectivity index (χ2n) is 5.15. The van der Waals surface area contributed by atoms with Gasteiger partial charge in [0.05, 0.1) is 11.9 Å². The van der Waals surface area contributed by atoms with E-state index in [1.807, 2.05) is 0 Å². The second kappa shape index (κ2) is 5.36. The molecule has 3 nitrogen and oxygen atoms in total. The molecule has 106 valence electrons. The number of hydrogen-bond acceptors (Lipinski definition) is 3. The first kappa shape index (κ1) is 14.1. The fraction of sp³-hybridized carbons (Fsp3) is 0.615. The monoisotopic (exact) mass is 273 g/mol. The van der Waals surface area contributed by atoms with Gasteiger partial charge in [-0.2, -0.15) is 13.2 Å². The van der Waals surface area contributed by atoms with E-state index in [9.17, 15) is 13.2 Å². The summed E-state index contributed by atoms with van der Waals surface area (Å²) in [7, 11) is 0. The van der Waals surface area contributed by atoms with Gasteiger partial charge in [0.2, 0.25) is 0 Å². The fourth-order valence-electron chi connectivity index (χ4n) is 2.34. The smallest absolute Gasteiger partial charge is 0.369 e. The Morgan fingerprint density at radius 2 is 2.11 bits per heavy atom. The molecular formula is C13H18F3N3. The number of hydrogen-bond donors (Lipinski definition) is 1. The Morgan fingerprint density at radius 1 is 1.37 bits per heavy atom. The van der Waals surface area contributed by atoms with Crippen molar-refractivity contribution in [2.24, 2.45) is 0 Å². The number of pyridine rings is 1. The van der Waals surface area contributed by atoms with Crippen molar-refractivity contribution in [1.29, 1.82) is 0 Å². The summed E-state index contributed by atoms with van der Waals surface area (Å²) < 4.78 is 37.2. The van der Waals surface area contributed by atoms with E-state index >= 15 is 0 Å². The predicted molar refractivity (Wildman–Crippen MR) is 68.1 cm³/mol. The zero-order chi connectivity index (χ0) is 14.0. The van der Waals surface area contributed by atoms with Gasteiger partial charge >= 0.3 is 6.18 Å². The van der Waals surface area contributed by atoms with Crippen molar-refractivity contribution in [2.45, 2.75) is 38.5 Å². The van der Waals surface area contributed by atoms with E-state index in [-0.39, 0.29) is 0 Å². The molecule has 0 spiro atoms. The number of nitrogens with one attached hydrogen (secondary N) is 1. The van der Waals surface area contributed by atoms with Gasteiger partial charge in [-0.25, -0.2) is 4.98 Å². The first-order valence-electron chi connectivity index (χ1n) is 6.40. The SMILES string of the molecule is CC(C)NC1CCN(c2ccc(C(F)(F)F)nc2)C1. The first-order chi connectivity index (χ1) is 8.86. The van der Waals surface area contributed by atoms with Crippen LogP contribution < -0.4 is 10.2 Å². The Balaban J connectivity index is 2.00. The maximum atomic E-state index is 12.4. The normalized spacial score (nSPS) is 20.3. The molecule has 1 aromatic heterocycles. The van der Waals surface area contributed by atoms with Crippen molar-refractivity contribution < 1.29 is 13.2 Å². The molecule has 0 aliphatic carbocycles. The molecule has 1 fully saturated rings. The molecule has 1 N–H and O–H groups in total.